The molecule has 0 atom stereocenters. The average Bonchev–Trinajstić information content (AvgIpc) is 3.46. The van der Waals surface area contributed by atoms with Crippen molar-refractivity contribution in [3.8, 4) is 5.75 Å². The Kier molecular flexibility index (Phi) is 5.66. The van der Waals surface area contributed by atoms with Crippen molar-refractivity contribution in [1.82, 2.24) is 10.2 Å². The van der Waals surface area contributed by atoms with E-state index in [0.29, 0.717) is 24.7 Å². The Morgan fingerprint density at radius 1 is 1.24 bits per heavy atom. The van der Waals surface area contributed by atoms with Crippen LogP contribution >= 0.6 is 0 Å². The largest absolute Gasteiger partial charge is 0.497 e. The summed E-state index contributed by atoms with van der Waals surface area (Å²) < 4.78 is 19.1. The summed E-state index contributed by atoms with van der Waals surface area (Å²) in [6.07, 6.45) is 2.13. The molecule has 1 N–H and O–H groups in total. The van der Waals surface area contributed by atoms with E-state index in [1.54, 1.807) is 19.2 Å². The zero-order valence-electron chi connectivity index (χ0n) is 14.4. The van der Waals surface area contributed by atoms with E-state index in [1.807, 2.05) is 30.3 Å². The standard InChI is InChI=1S/C20H23FN2O2/c1-25-18-7-4-5-15(11-18)12-22-20(24)14-23(17-9-10-17)13-16-6-2-3-8-19(16)21/h2-8,11,17H,9-10,12-14H2,1H3,(H,22,24). The van der Waals surface area contributed by atoms with Crippen molar-refractivity contribution < 1.29 is 13.9 Å². The number of nitrogens with zero attached hydrogens (tertiary/aromatic N) is 1. The van der Waals surface area contributed by atoms with Gasteiger partial charge in [0.2, 0.25) is 5.91 Å². The van der Waals surface area contributed by atoms with Gasteiger partial charge in [0, 0.05) is 24.7 Å². The number of halogens is 1. The lowest BCUT2D eigenvalue weighted by Crippen LogP contribution is -2.38. The molecule has 2 aromatic carbocycles. The Morgan fingerprint density at radius 2 is 2.04 bits per heavy atom. The van der Waals surface area contributed by atoms with Gasteiger partial charge in [-0.05, 0) is 36.6 Å². The van der Waals surface area contributed by atoms with Crippen LogP contribution in [0.5, 0.6) is 5.75 Å². The number of hydrogen-bond acceptors (Lipinski definition) is 3. The minimum atomic E-state index is -0.218. The minimum absolute atomic E-state index is 0.0499. The van der Waals surface area contributed by atoms with Gasteiger partial charge in [-0.2, -0.15) is 0 Å². The van der Waals surface area contributed by atoms with E-state index >= 15 is 0 Å². The summed E-state index contributed by atoms with van der Waals surface area (Å²) in [5.41, 5.74) is 1.62. The molecule has 5 heteroatoms. The van der Waals surface area contributed by atoms with Crippen molar-refractivity contribution >= 4 is 5.91 Å². The molecule has 3 rings (SSSR count). The highest BCUT2D eigenvalue weighted by atomic mass is 19.1. The molecule has 0 saturated heterocycles. The fourth-order valence-electron chi connectivity index (χ4n) is 2.82. The fraction of sp³-hybridized carbons (Fsp3) is 0.350. The smallest absolute Gasteiger partial charge is 0.234 e. The number of carbonyl (C=O) groups is 1. The van der Waals surface area contributed by atoms with Gasteiger partial charge >= 0.3 is 0 Å². The van der Waals surface area contributed by atoms with Crippen molar-refractivity contribution in [2.24, 2.45) is 0 Å². The Balaban J connectivity index is 1.55. The molecule has 25 heavy (non-hydrogen) atoms. The van der Waals surface area contributed by atoms with Crippen LogP contribution in [0.1, 0.15) is 24.0 Å². The summed E-state index contributed by atoms with van der Waals surface area (Å²) in [5, 5.41) is 2.93. The summed E-state index contributed by atoms with van der Waals surface area (Å²) in [6, 6.07) is 14.7. The predicted molar refractivity (Wildman–Crippen MR) is 94.7 cm³/mol. The molecular formula is C20H23FN2O2. The molecule has 0 aromatic heterocycles. The molecule has 0 bridgehead atoms. The Labute approximate surface area is 147 Å². The molecule has 0 radical (unpaired) electrons. The van der Waals surface area contributed by atoms with Crippen LogP contribution in [0.2, 0.25) is 0 Å². The number of ether oxygens (including phenoxy) is 1. The van der Waals surface area contributed by atoms with Gasteiger partial charge in [-0.25, -0.2) is 4.39 Å². The summed E-state index contributed by atoms with van der Waals surface area (Å²) in [5.74, 6) is 0.502. The molecule has 0 unspecified atom stereocenters. The van der Waals surface area contributed by atoms with Gasteiger partial charge in [0.25, 0.3) is 0 Å². The maximum absolute atomic E-state index is 13.9. The zero-order valence-corrected chi connectivity index (χ0v) is 14.4. The van der Waals surface area contributed by atoms with Gasteiger partial charge in [-0.3, -0.25) is 9.69 Å². The van der Waals surface area contributed by atoms with Crippen molar-refractivity contribution in [1.29, 1.82) is 0 Å². The Hall–Kier alpha value is -2.40. The third-order valence-corrected chi connectivity index (χ3v) is 4.37. The van der Waals surface area contributed by atoms with Gasteiger partial charge in [0.05, 0.1) is 13.7 Å². The van der Waals surface area contributed by atoms with Crippen LogP contribution in [-0.2, 0) is 17.9 Å². The van der Waals surface area contributed by atoms with Gasteiger partial charge in [-0.15, -0.1) is 0 Å². The van der Waals surface area contributed by atoms with E-state index in [-0.39, 0.29) is 18.3 Å². The summed E-state index contributed by atoms with van der Waals surface area (Å²) in [6.45, 7) is 1.20. The van der Waals surface area contributed by atoms with E-state index < -0.39 is 0 Å². The highest BCUT2D eigenvalue weighted by Gasteiger charge is 2.30. The molecule has 2 aromatic rings. The maximum Gasteiger partial charge on any atom is 0.234 e. The van der Waals surface area contributed by atoms with Crippen LogP contribution in [0, 0.1) is 5.82 Å². The first kappa shape index (κ1) is 17.4. The van der Waals surface area contributed by atoms with Gasteiger partial charge < -0.3 is 10.1 Å². The fourth-order valence-corrected chi connectivity index (χ4v) is 2.82. The number of amides is 1. The lowest BCUT2D eigenvalue weighted by molar-refractivity contribution is -0.122. The number of rotatable bonds is 8. The van der Waals surface area contributed by atoms with Gasteiger partial charge in [0.1, 0.15) is 11.6 Å². The van der Waals surface area contributed by atoms with Crippen molar-refractivity contribution in [3.63, 3.8) is 0 Å². The normalized spacial score (nSPS) is 13.7. The molecule has 4 nitrogen and oxygen atoms in total. The monoisotopic (exact) mass is 342 g/mol. The summed E-state index contributed by atoms with van der Waals surface area (Å²) in [7, 11) is 1.62. The number of methoxy groups -OCH3 is 1. The van der Waals surface area contributed by atoms with Crippen LogP contribution < -0.4 is 10.1 Å². The number of nitrogens with one attached hydrogen (secondary N) is 1. The van der Waals surface area contributed by atoms with Gasteiger partial charge in [-0.1, -0.05) is 30.3 Å². The summed E-state index contributed by atoms with van der Waals surface area (Å²) in [4.78, 5) is 14.4. The quantitative estimate of drug-likeness (QED) is 0.801. The van der Waals surface area contributed by atoms with Crippen LogP contribution in [0.15, 0.2) is 48.5 Å². The van der Waals surface area contributed by atoms with Crippen molar-refractivity contribution in [2.45, 2.75) is 32.0 Å². The van der Waals surface area contributed by atoms with E-state index in [1.165, 1.54) is 6.07 Å². The second-order valence-corrected chi connectivity index (χ2v) is 6.36. The van der Waals surface area contributed by atoms with E-state index in [0.717, 1.165) is 24.2 Å². The third-order valence-electron chi connectivity index (χ3n) is 4.37. The first-order chi connectivity index (χ1) is 12.2. The van der Waals surface area contributed by atoms with Crippen molar-refractivity contribution in [3.05, 3.63) is 65.5 Å². The van der Waals surface area contributed by atoms with Crippen LogP contribution in [0.3, 0.4) is 0 Å². The van der Waals surface area contributed by atoms with Crippen molar-refractivity contribution in [2.75, 3.05) is 13.7 Å². The second kappa shape index (κ2) is 8.12. The van der Waals surface area contributed by atoms with Gasteiger partial charge in [0.15, 0.2) is 0 Å². The SMILES string of the molecule is COc1cccc(CNC(=O)CN(Cc2ccccc2F)C2CC2)c1. The average molecular weight is 342 g/mol. The molecule has 1 aliphatic rings. The Bertz CT molecular complexity index is 731. The number of benzene rings is 2. The number of hydrogen-bond donors (Lipinski definition) is 1. The molecule has 1 amide bonds. The maximum atomic E-state index is 13.9. The minimum Gasteiger partial charge on any atom is -0.497 e. The van der Waals surface area contributed by atoms with E-state index in [4.69, 9.17) is 4.74 Å². The zero-order chi connectivity index (χ0) is 17.6. The lowest BCUT2D eigenvalue weighted by Gasteiger charge is -2.21. The highest BCUT2D eigenvalue weighted by Crippen LogP contribution is 2.28. The molecule has 132 valence electrons. The predicted octanol–water partition coefficient (Wildman–Crippen LogP) is 3.12. The lowest BCUT2D eigenvalue weighted by atomic mass is 10.2. The highest BCUT2D eigenvalue weighted by molar-refractivity contribution is 5.78. The molecule has 0 heterocycles. The van der Waals surface area contributed by atoms with Crippen LogP contribution in [-0.4, -0.2) is 30.5 Å². The first-order valence-electron chi connectivity index (χ1n) is 8.53. The molecular weight excluding hydrogens is 319 g/mol. The molecule has 1 fully saturated rings. The van der Waals surface area contributed by atoms with Crippen LogP contribution in [0.25, 0.3) is 0 Å². The topological polar surface area (TPSA) is 41.6 Å². The van der Waals surface area contributed by atoms with E-state index in [9.17, 15) is 9.18 Å². The molecule has 1 aliphatic carbocycles. The van der Waals surface area contributed by atoms with E-state index in [2.05, 4.69) is 10.2 Å². The van der Waals surface area contributed by atoms with Crippen LogP contribution in [0.4, 0.5) is 4.39 Å². The Morgan fingerprint density at radius 3 is 2.76 bits per heavy atom. The second-order valence-electron chi connectivity index (χ2n) is 6.36. The third kappa shape index (κ3) is 5.03. The summed E-state index contributed by atoms with van der Waals surface area (Å²) >= 11 is 0. The first-order valence-corrected chi connectivity index (χ1v) is 8.53. The number of carbonyl (C=O) groups excluding carboxylic acids is 1. The molecule has 1 saturated carbocycles. The molecule has 0 spiro atoms. The molecule has 0 aliphatic heterocycles.